The average molecular weight is 363 g/mol. The maximum atomic E-state index is 10.8. The van der Waals surface area contributed by atoms with Crippen molar-refractivity contribution in [3.8, 4) is 16.5 Å². The summed E-state index contributed by atoms with van der Waals surface area (Å²) in [5.74, 6) is 0.753. The van der Waals surface area contributed by atoms with Crippen LogP contribution in [0.2, 0.25) is 4.34 Å². The van der Waals surface area contributed by atoms with Gasteiger partial charge in [-0.2, -0.15) is 0 Å². The molecule has 0 aromatic carbocycles. The summed E-state index contributed by atoms with van der Waals surface area (Å²) in [7, 11) is 0. The summed E-state index contributed by atoms with van der Waals surface area (Å²) in [5, 5.41) is 13.1. The molecule has 2 rings (SSSR count). The molecule has 0 bridgehead atoms. The molecule has 0 radical (unpaired) electrons. The maximum absolute atomic E-state index is 10.8. The minimum Gasteiger partial charge on any atom is -0.449 e. The monoisotopic (exact) mass is 362 g/mol. The van der Waals surface area contributed by atoms with E-state index in [0.29, 0.717) is 22.3 Å². The standard InChI is InChI=1S/C14H16Cl2N2O3S/c1-9-12(10-5-6-11(16)22-10)18(8-4-2-3-7-15)17-13(9)21-14(19)20/h5-6H,2-4,7-8H2,1H3,(H,19,20). The second-order valence-corrected chi connectivity index (χ2v) is 6.82. The summed E-state index contributed by atoms with van der Waals surface area (Å²) >= 11 is 13.1. The largest absolute Gasteiger partial charge is 0.512 e. The Labute approximate surface area is 142 Å². The fourth-order valence-corrected chi connectivity index (χ4v) is 3.50. The van der Waals surface area contributed by atoms with Gasteiger partial charge in [-0.1, -0.05) is 18.0 Å². The van der Waals surface area contributed by atoms with E-state index in [1.54, 1.807) is 11.6 Å². The molecule has 0 amide bonds. The van der Waals surface area contributed by atoms with E-state index in [0.717, 1.165) is 29.8 Å². The Balaban J connectivity index is 2.30. The number of hydrogen-bond acceptors (Lipinski definition) is 4. The highest BCUT2D eigenvalue weighted by Gasteiger charge is 2.20. The highest BCUT2D eigenvalue weighted by Crippen LogP contribution is 2.36. The lowest BCUT2D eigenvalue weighted by Gasteiger charge is -2.06. The highest BCUT2D eigenvalue weighted by molar-refractivity contribution is 7.19. The van der Waals surface area contributed by atoms with Gasteiger partial charge in [-0.05, 0) is 31.9 Å². The molecular formula is C14H16Cl2N2O3S. The number of alkyl halides is 1. The van der Waals surface area contributed by atoms with Crippen molar-refractivity contribution in [3.63, 3.8) is 0 Å². The predicted molar refractivity (Wildman–Crippen MR) is 88.5 cm³/mol. The van der Waals surface area contributed by atoms with E-state index >= 15 is 0 Å². The number of rotatable bonds is 7. The molecule has 0 unspecified atom stereocenters. The Morgan fingerprint density at radius 2 is 2.18 bits per heavy atom. The van der Waals surface area contributed by atoms with Crippen LogP contribution in [0.25, 0.3) is 10.6 Å². The van der Waals surface area contributed by atoms with Crippen LogP contribution in [0, 0.1) is 6.92 Å². The van der Waals surface area contributed by atoms with Crippen LogP contribution in [-0.4, -0.2) is 26.9 Å². The van der Waals surface area contributed by atoms with Crippen molar-refractivity contribution in [1.29, 1.82) is 0 Å². The highest BCUT2D eigenvalue weighted by atomic mass is 35.5. The third kappa shape index (κ3) is 4.15. The van der Waals surface area contributed by atoms with E-state index in [1.807, 2.05) is 12.1 Å². The lowest BCUT2D eigenvalue weighted by molar-refractivity contribution is 0.142. The van der Waals surface area contributed by atoms with Crippen LogP contribution >= 0.6 is 34.5 Å². The molecule has 0 saturated heterocycles. The van der Waals surface area contributed by atoms with Gasteiger partial charge in [0.2, 0.25) is 5.88 Å². The van der Waals surface area contributed by atoms with Gasteiger partial charge in [-0.25, -0.2) is 4.79 Å². The first-order valence-corrected chi connectivity index (χ1v) is 8.55. The zero-order valence-electron chi connectivity index (χ0n) is 12.0. The lowest BCUT2D eigenvalue weighted by Crippen LogP contribution is -2.06. The van der Waals surface area contributed by atoms with Crippen molar-refractivity contribution in [3.05, 3.63) is 22.0 Å². The normalized spacial score (nSPS) is 10.9. The second kappa shape index (κ2) is 7.85. The number of aromatic nitrogens is 2. The average Bonchev–Trinajstić information content (AvgIpc) is 2.99. The van der Waals surface area contributed by atoms with Gasteiger partial charge in [-0.15, -0.1) is 28.0 Å². The Morgan fingerprint density at radius 1 is 1.41 bits per heavy atom. The summed E-state index contributed by atoms with van der Waals surface area (Å²) < 4.78 is 7.21. The Hall–Kier alpha value is -1.24. The van der Waals surface area contributed by atoms with E-state index < -0.39 is 6.16 Å². The second-order valence-electron chi connectivity index (χ2n) is 4.72. The van der Waals surface area contributed by atoms with Crippen LogP contribution in [0.4, 0.5) is 4.79 Å². The van der Waals surface area contributed by atoms with Crippen molar-refractivity contribution < 1.29 is 14.6 Å². The molecule has 0 aliphatic rings. The first-order valence-electron chi connectivity index (χ1n) is 6.82. The van der Waals surface area contributed by atoms with Crippen LogP contribution in [0.3, 0.4) is 0 Å². The van der Waals surface area contributed by atoms with Crippen molar-refractivity contribution in [2.75, 3.05) is 5.88 Å². The van der Waals surface area contributed by atoms with Gasteiger partial charge >= 0.3 is 6.16 Å². The van der Waals surface area contributed by atoms with Crippen LogP contribution in [0.5, 0.6) is 5.88 Å². The molecule has 120 valence electrons. The van der Waals surface area contributed by atoms with Crippen LogP contribution in [0.1, 0.15) is 24.8 Å². The summed E-state index contributed by atoms with van der Waals surface area (Å²) in [6.45, 7) is 2.47. The molecule has 0 aliphatic carbocycles. The predicted octanol–water partition coefficient (Wildman–Crippen LogP) is 5.04. The molecule has 8 heteroatoms. The number of nitrogens with zero attached hydrogens (tertiary/aromatic N) is 2. The van der Waals surface area contributed by atoms with Gasteiger partial charge in [0.15, 0.2) is 0 Å². The third-order valence-corrected chi connectivity index (χ3v) is 4.64. The molecule has 2 aromatic heterocycles. The van der Waals surface area contributed by atoms with Gasteiger partial charge in [0.25, 0.3) is 0 Å². The Morgan fingerprint density at radius 3 is 2.77 bits per heavy atom. The fourth-order valence-electron chi connectivity index (χ4n) is 2.16. The van der Waals surface area contributed by atoms with Crippen molar-refractivity contribution in [2.24, 2.45) is 0 Å². The van der Waals surface area contributed by atoms with E-state index in [9.17, 15) is 4.79 Å². The first kappa shape index (κ1) is 17.1. The quantitative estimate of drug-likeness (QED) is 0.425. The third-order valence-electron chi connectivity index (χ3n) is 3.14. The summed E-state index contributed by atoms with van der Waals surface area (Å²) in [4.78, 5) is 11.7. The molecular weight excluding hydrogens is 347 g/mol. The first-order chi connectivity index (χ1) is 10.5. The van der Waals surface area contributed by atoms with Gasteiger partial charge in [0.1, 0.15) is 0 Å². The van der Waals surface area contributed by atoms with Crippen LogP contribution < -0.4 is 4.74 Å². The number of aryl methyl sites for hydroxylation is 1. The maximum Gasteiger partial charge on any atom is 0.512 e. The van der Waals surface area contributed by atoms with Crippen molar-refractivity contribution in [1.82, 2.24) is 9.78 Å². The van der Waals surface area contributed by atoms with Crippen molar-refractivity contribution in [2.45, 2.75) is 32.7 Å². The summed E-state index contributed by atoms with van der Waals surface area (Å²) in [6.07, 6.45) is 1.47. The number of hydrogen-bond donors (Lipinski definition) is 1. The van der Waals surface area contributed by atoms with Crippen molar-refractivity contribution >= 4 is 40.7 Å². The molecule has 2 heterocycles. The molecule has 5 nitrogen and oxygen atoms in total. The Bertz CT molecular complexity index is 655. The van der Waals surface area contributed by atoms with E-state index in [2.05, 4.69) is 5.10 Å². The number of ether oxygens (including phenoxy) is 1. The van der Waals surface area contributed by atoms with Gasteiger partial charge in [0.05, 0.1) is 14.9 Å². The number of thiophene rings is 1. The molecule has 0 fully saturated rings. The topological polar surface area (TPSA) is 64.3 Å². The van der Waals surface area contributed by atoms with E-state index in [-0.39, 0.29) is 5.88 Å². The number of carboxylic acid groups (broad SMARTS) is 1. The zero-order valence-corrected chi connectivity index (χ0v) is 14.3. The minimum atomic E-state index is -1.37. The van der Waals surface area contributed by atoms with E-state index in [4.69, 9.17) is 33.0 Å². The number of halogens is 2. The summed E-state index contributed by atoms with van der Waals surface area (Å²) in [5.41, 5.74) is 1.54. The molecule has 1 N–H and O–H groups in total. The molecule has 0 saturated carbocycles. The Kier molecular flexibility index (Phi) is 6.11. The zero-order chi connectivity index (χ0) is 16.1. The summed E-state index contributed by atoms with van der Waals surface area (Å²) in [6, 6.07) is 3.71. The van der Waals surface area contributed by atoms with Crippen LogP contribution in [-0.2, 0) is 6.54 Å². The molecule has 22 heavy (non-hydrogen) atoms. The molecule has 0 atom stereocenters. The molecule has 0 spiro atoms. The van der Waals surface area contributed by atoms with E-state index in [1.165, 1.54) is 11.3 Å². The SMILES string of the molecule is Cc1c(OC(=O)O)nn(CCCCCCl)c1-c1ccc(Cl)s1. The molecule has 0 aliphatic heterocycles. The number of unbranched alkanes of at least 4 members (excludes halogenated alkanes) is 2. The van der Waals surface area contributed by atoms with Crippen LogP contribution in [0.15, 0.2) is 12.1 Å². The smallest absolute Gasteiger partial charge is 0.449 e. The fraction of sp³-hybridized carbons (Fsp3) is 0.429. The lowest BCUT2D eigenvalue weighted by atomic mass is 10.2. The van der Waals surface area contributed by atoms with Gasteiger partial charge in [0, 0.05) is 18.0 Å². The minimum absolute atomic E-state index is 0.115. The van der Waals surface area contributed by atoms with Gasteiger partial charge < -0.3 is 9.84 Å². The number of carbonyl (C=O) groups is 1. The van der Waals surface area contributed by atoms with Gasteiger partial charge in [-0.3, -0.25) is 4.68 Å². The molecule has 2 aromatic rings.